The van der Waals surface area contributed by atoms with Gasteiger partial charge in [0.05, 0.1) is 13.2 Å². The average molecular weight is 315 g/mol. The molecule has 0 aliphatic heterocycles. The van der Waals surface area contributed by atoms with E-state index in [1.165, 1.54) is 0 Å². The molecule has 0 fully saturated rings. The summed E-state index contributed by atoms with van der Waals surface area (Å²) in [6.45, 7) is 4.69. The average Bonchev–Trinajstić information content (AvgIpc) is 2.25. The molecule has 0 saturated heterocycles. The summed E-state index contributed by atoms with van der Waals surface area (Å²) in [7, 11) is 1.62. The van der Waals surface area contributed by atoms with Crippen molar-refractivity contribution in [3.8, 4) is 0 Å². The summed E-state index contributed by atoms with van der Waals surface area (Å²) in [5, 5.41) is 5.93. The monoisotopic (exact) mass is 314 g/mol. The number of carbonyl (C=O) groups excluding carboxylic acids is 1. The molecular weight excluding hydrogens is 296 g/mol. The summed E-state index contributed by atoms with van der Waals surface area (Å²) in [4.78, 5) is 11.6. The van der Waals surface area contributed by atoms with E-state index in [0.717, 1.165) is 15.7 Å². The van der Waals surface area contributed by atoms with Gasteiger partial charge in [0.1, 0.15) is 0 Å². The topological polar surface area (TPSA) is 50.4 Å². The molecule has 1 rings (SSSR count). The maximum atomic E-state index is 11.6. The number of methoxy groups -OCH3 is 1. The third-order valence-electron chi connectivity index (χ3n) is 2.32. The van der Waals surface area contributed by atoms with Gasteiger partial charge in [-0.2, -0.15) is 0 Å². The van der Waals surface area contributed by atoms with Crippen LogP contribution >= 0.6 is 15.9 Å². The van der Waals surface area contributed by atoms with Crippen molar-refractivity contribution in [2.24, 2.45) is 0 Å². The first-order valence-electron chi connectivity index (χ1n) is 5.80. The molecule has 0 aliphatic rings. The van der Waals surface area contributed by atoms with Crippen LogP contribution in [0.1, 0.15) is 12.5 Å². The number of hydrogen-bond donors (Lipinski definition) is 2. The lowest BCUT2D eigenvalue weighted by Gasteiger charge is -2.13. The summed E-state index contributed by atoms with van der Waals surface area (Å²) >= 11 is 3.42. The Morgan fingerprint density at radius 3 is 2.78 bits per heavy atom. The Kier molecular flexibility index (Phi) is 6.15. The van der Waals surface area contributed by atoms with E-state index in [2.05, 4.69) is 26.6 Å². The van der Waals surface area contributed by atoms with Crippen LogP contribution in [-0.4, -0.2) is 32.2 Å². The molecule has 100 valence electrons. The van der Waals surface area contributed by atoms with E-state index in [1.54, 1.807) is 7.11 Å². The van der Waals surface area contributed by atoms with E-state index in [-0.39, 0.29) is 18.5 Å². The van der Waals surface area contributed by atoms with Gasteiger partial charge in [-0.3, -0.25) is 4.79 Å². The van der Waals surface area contributed by atoms with E-state index in [0.29, 0.717) is 6.61 Å². The number of anilines is 1. The highest BCUT2D eigenvalue weighted by Crippen LogP contribution is 2.18. The fourth-order valence-electron chi connectivity index (χ4n) is 1.64. The van der Waals surface area contributed by atoms with Gasteiger partial charge >= 0.3 is 0 Å². The van der Waals surface area contributed by atoms with Gasteiger partial charge in [-0.25, -0.2) is 0 Å². The van der Waals surface area contributed by atoms with E-state index in [4.69, 9.17) is 4.74 Å². The number of rotatable bonds is 6. The van der Waals surface area contributed by atoms with Crippen LogP contribution in [0.25, 0.3) is 0 Å². The zero-order valence-corrected chi connectivity index (χ0v) is 12.5. The summed E-state index contributed by atoms with van der Waals surface area (Å²) in [6, 6.07) is 5.98. The quantitative estimate of drug-likeness (QED) is 0.847. The van der Waals surface area contributed by atoms with Gasteiger partial charge in [0.15, 0.2) is 0 Å². The van der Waals surface area contributed by atoms with Crippen molar-refractivity contribution >= 4 is 27.5 Å². The second-order valence-electron chi connectivity index (χ2n) is 4.29. The highest BCUT2D eigenvalue weighted by Gasteiger charge is 2.06. The molecule has 0 spiro atoms. The van der Waals surface area contributed by atoms with Crippen molar-refractivity contribution in [2.45, 2.75) is 19.9 Å². The number of amides is 1. The molecular formula is C13H19BrN2O2. The molecule has 4 nitrogen and oxygen atoms in total. The molecule has 0 heterocycles. The van der Waals surface area contributed by atoms with Crippen LogP contribution in [0.3, 0.4) is 0 Å². The lowest BCUT2D eigenvalue weighted by atomic mass is 10.2. The first kappa shape index (κ1) is 15.0. The summed E-state index contributed by atoms with van der Waals surface area (Å²) in [6.07, 6.45) is 0. The molecule has 0 bridgehead atoms. The predicted molar refractivity (Wildman–Crippen MR) is 76.8 cm³/mol. The van der Waals surface area contributed by atoms with Crippen LogP contribution < -0.4 is 10.6 Å². The van der Waals surface area contributed by atoms with Gasteiger partial charge in [0.25, 0.3) is 0 Å². The number of hydrogen-bond acceptors (Lipinski definition) is 3. The molecule has 1 aromatic rings. The molecule has 0 radical (unpaired) electrons. The van der Waals surface area contributed by atoms with Gasteiger partial charge in [-0.15, -0.1) is 0 Å². The molecule has 1 unspecified atom stereocenters. The van der Waals surface area contributed by atoms with E-state index >= 15 is 0 Å². The van der Waals surface area contributed by atoms with Gasteiger partial charge in [0.2, 0.25) is 5.91 Å². The molecule has 1 amide bonds. The van der Waals surface area contributed by atoms with Gasteiger partial charge in [-0.1, -0.05) is 15.9 Å². The molecule has 1 atom stereocenters. The SMILES string of the molecule is COCC(C)NC(=O)CNc1cc(C)cc(Br)c1. The molecule has 1 aromatic carbocycles. The minimum absolute atomic E-state index is 0.0218. The minimum atomic E-state index is -0.0443. The first-order chi connectivity index (χ1) is 8.51. The Bertz CT molecular complexity index is 390. The molecule has 2 N–H and O–H groups in total. The largest absolute Gasteiger partial charge is 0.383 e. The molecule has 5 heteroatoms. The fraction of sp³-hybridized carbons (Fsp3) is 0.462. The second kappa shape index (κ2) is 7.38. The number of nitrogens with one attached hydrogen (secondary N) is 2. The van der Waals surface area contributed by atoms with Crippen LogP contribution in [0, 0.1) is 6.92 Å². The van der Waals surface area contributed by atoms with Crippen molar-refractivity contribution in [3.05, 3.63) is 28.2 Å². The van der Waals surface area contributed by atoms with Gasteiger partial charge in [-0.05, 0) is 37.6 Å². The van der Waals surface area contributed by atoms with E-state index in [1.807, 2.05) is 32.0 Å². The van der Waals surface area contributed by atoms with Crippen molar-refractivity contribution in [2.75, 3.05) is 25.6 Å². The number of carbonyl (C=O) groups is 1. The Morgan fingerprint density at radius 1 is 1.44 bits per heavy atom. The van der Waals surface area contributed by atoms with Crippen LogP contribution in [0.15, 0.2) is 22.7 Å². The third-order valence-corrected chi connectivity index (χ3v) is 2.78. The third kappa shape index (κ3) is 5.51. The summed E-state index contributed by atoms with van der Waals surface area (Å²) < 4.78 is 5.96. The minimum Gasteiger partial charge on any atom is -0.383 e. The zero-order chi connectivity index (χ0) is 13.5. The smallest absolute Gasteiger partial charge is 0.239 e. The standard InChI is InChI=1S/C13H19BrN2O2/c1-9-4-11(14)6-12(5-9)15-7-13(17)16-10(2)8-18-3/h4-6,10,15H,7-8H2,1-3H3,(H,16,17). The molecule has 18 heavy (non-hydrogen) atoms. The number of aryl methyl sites for hydroxylation is 1. The van der Waals surface area contributed by atoms with Crippen LogP contribution in [0.2, 0.25) is 0 Å². The molecule has 0 saturated carbocycles. The maximum absolute atomic E-state index is 11.6. The lowest BCUT2D eigenvalue weighted by molar-refractivity contribution is -0.120. The highest BCUT2D eigenvalue weighted by molar-refractivity contribution is 9.10. The van der Waals surface area contributed by atoms with Crippen molar-refractivity contribution in [1.29, 1.82) is 0 Å². The Hall–Kier alpha value is -1.07. The van der Waals surface area contributed by atoms with Crippen LogP contribution in [0.4, 0.5) is 5.69 Å². The van der Waals surface area contributed by atoms with Gasteiger partial charge in [0, 0.05) is 23.3 Å². The highest BCUT2D eigenvalue weighted by atomic mass is 79.9. The molecule has 0 aliphatic carbocycles. The van der Waals surface area contributed by atoms with Crippen molar-refractivity contribution in [1.82, 2.24) is 5.32 Å². The van der Waals surface area contributed by atoms with Crippen molar-refractivity contribution in [3.63, 3.8) is 0 Å². The Labute approximate surface area is 116 Å². The number of ether oxygens (including phenoxy) is 1. The summed E-state index contributed by atoms with van der Waals surface area (Å²) in [5.74, 6) is -0.0443. The number of halogens is 1. The van der Waals surface area contributed by atoms with E-state index in [9.17, 15) is 4.79 Å². The van der Waals surface area contributed by atoms with E-state index < -0.39 is 0 Å². The Balaban J connectivity index is 2.42. The normalized spacial score (nSPS) is 12.0. The van der Waals surface area contributed by atoms with Crippen LogP contribution in [-0.2, 0) is 9.53 Å². The predicted octanol–water partition coefficient (Wildman–Crippen LogP) is 2.32. The van der Waals surface area contributed by atoms with Gasteiger partial charge < -0.3 is 15.4 Å². The summed E-state index contributed by atoms with van der Waals surface area (Å²) in [5.41, 5.74) is 2.07. The second-order valence-corrected chi connectivity index (χ2v) is 5.21. The van der Waals surface area contributed by atoms with Crippen LogP contribution in [0.5, 0.6) is 0 Å². The first-order valence-corrected chi connectivity index (χ1v) is 6.60. The maximum Gasteiger partial charge on any atom is 0.239 e. The van der Waals surface area contributed by atoms with Crippen molar-refractivity contribution < 1.29 is 9.53 Å². The Morgan fingerprint density at radius 2 is 2.17 bits per heavy atom. The molecule has 0 aromatic heterocycles. The lowest BCUT2D eigenvalue weighted by Crippen LogP contribution is -2.39. The fourth-order valence-corrected chi connectivity index (χ4v) is 2.25. The number of benzene rings is 1. The zero-order valence-electron chi connectivity index (χ0n) is 10.9.